The van der Waals surface area contributed by atoms with Gasteiger partial charge in [0.25, 0.3) is 5.91 Å². The summed E-state index contributed by atoms with van der Waals surface area (Å²) in [5.74, 6) is 0.538. The maximum Gasteiger partial charge on any atom is 0.256 e. The van der Waals surface area contributed by atoms with Gasteiger partial charge in [0.1, 0.15) is 17.5 Å². The maximum absolute atomic E-state index is 13.7. The molecule has 1 N–H and O–H groups in total. The number of rotatable bonds is 11. The van der Waals surface area contributed by atoms with Gasteiger partial charge in [-0.05, 0) is 85.2 Å². The molecule has 4 rings (SSSR count). The lowest BCUT2D eigenvalue weighted by Crippen LogP contribution is -2.39. The fourth-order valence-electron chi connectivity index (χ4n) is 4.33. The smallest absolute Gasteiger partial charge is 0.256 e. The van der Waals surface area contributed by atoms with Crippen LogP contribution in [0, 0.1) is 0 Å². The summed E-state index contributed by atoms with van der Waals surface area (Å²) in [5.41, 5.74) is 1.93. The quantitative estimate of drug-likeness (QED) is 0.233. The van der Waals surface area contributed by atoms with Gasteiger partial charge in [0.05, 0.1) is 30.8 Å². The Bertz CT molecular complexity index is 1400. The molecule has 0 bridgehead atoms. The lowest BCUT2D eigenvalue weighted by Gasteiger charge is -2.24. The molecule has 11 heteroatoms. The Morgan fingerprint density at radius 3 is 2.42 bits per heavy atom. The number of thiocarbonyl (C=S) groups is 1. The zero-order chi connectivity index (χ0) is 28.8. The van der Waals surface area contributed by atoms with Crippen LogP contribution in [0.2, 0.25) is 15.1 Å². The molecule has 1 atom stereocenters. The van der Waals surface area contributed by atoms with Gasteiger partial charge in [-0.3, -0.25) is 14.5 Å². The van der Waals surface area contributed by atoms with E-state index in [0.29, 0.717) is 51.8 Å². The number of nitrogens with one attached hydrogen (secondary N) is 1. The molecule has 3 aromatic rings. The average Bonchev–Trinajstić information content (AvgIpc) is 3.15. The molecule has 7 nitrogen and oxygen atoms in total. The lowest BCUT2D eigenvalue weighted by atomic mass is 10.1. The summed E-state index contributed by atoms with van der Waals surface area (Å²) in [6, 6.07) is 16.5. The molecule has 40 heavy (non-hydrogen) atoms. The first kappa shape index (κ1) is 29.9. The standard InChI is InChI=1S/C29H28Cl3N3O4S/c1-3-14-39-22-9-6-20(7-10-22)33-27(36)17-25-28(37)35(21-8-11-26(38-2)24(32)16-21)29(40)34(25)13-12-18-4-5-19(30)15-23(18)31/h4-11,15-16,25H,3,12-14,17H2,1-2H3,(H,33,36)/t25-/m0/s1. The van der Waals surface area contributed by atoms with E-state index in [2.05, 4.69) is 5.32 Å². The van der Waals surface area contributed by atoms with Crippen molar-refractivity contribution in [1.82, 2.24) is 4.90 Å². The van der Waals surface area contributed by atoms with Crippen LogP contribution >= 0.6 is 47.0 Å². The third-order valence-electron chi connectivity index (χ3n) is 6.34. The van der Waals surface area contributed by atoms with E-state index in [-0.39, 0.29) is 23.3 Å². The van der Waals surface area contributed by atoms with Gasteiger partial charge in [-0.1, -0.05) is 47.8 Å². The Kier molecular flexibility index (Phi) is 10.1. The summed E-state index contributed by atoms with van der Waals surface area (Å²) in [5, 5.41) is 4.52. The number of halogens is 3. The molecule has 0 unspecified atom stereocenters. The Labute approximate surface area is 253 Å². The zero-order valence-corrected chi connectivity index (χ0v) is 25.0. The van der Waals surface area contributed by atoms with Gasteiger partial charge in [0.2, 0.25) is 5.91 Å². The van der Waals surface area contributed by atoms with Gasteiger partial charge in [-0.15, -0.1) is 0 Å². The van der Waals surface area contributed by atoms with Gasteiger partial charge in [-0.2, -0.15) is 0 Å². The molecule has 0 saturated carbocycles. The first-order valence-corrected chi connectivity index (χ1v) is 14.2. The van der Waals surface area contributed by atoms with Crippen molar-refractivity contribution in [2.75, 3.05) is 30.5 Å². The minimum atomic E-state index is -0.827. The number of amides is 2. The van der Waals surface area contributed by atoms with Crippen molar-refractivity contribution in [2.24, 2.45) is 0 Å². The van der Waals surface area contributed by atoms with Crippen LogP contribution in [0.4, 0.5) is 11.4 Å². The molecule has 1 heterocycles. The van der Waals surface area contributed by atoms with Gasteiger partial charge in [0, 0.05) is 22.3 Å². The van der Waals surface area contributed by atoms with E-state index in [1.54, 1.807) is 59.5 Å². The van der Waals surface area contributed by atoms with E-state index in [0.717, 1.165) is 17.7 Å². The van der Waals surface area contributed by atoms with Crippen LogP contribution in [-0.4, -0.2) is 48.1 Å². The van der Waals surface area contributed by atoms with E-state index in [4.69, 9.17) is 56.5 Å². The first-order chi connectivity index (χ1) is 19.2. The van der Waals surface area contributed by atoms with Crippen LogP contribution < -0.4 is 19.7 Å². The third-order valence-corrected chi connectivity index (χ3v) is 7.64. The number of anilines is 2. The monoisotopic (exact) mass is 619 g/mol. The van der Waals surface area contributed by atoms with Crippen molar-refractivity contribution in [1.29, 1.82) is 0 Å². The number of carbonyl (C=O) groups is 2. The molecule has 3 aromatic carbocycles. The topological polar surface area (TPSA) is 71.1 Å². The third kappa shape index (κ3) is 6.99. The largest absolute Gasteiger partial charge is 0.495 e. The highest BCUT2D eigenvalue weighted by Gasteiger charge is 2.44. The Balaban J connectivity index is 1.55. The predicted molar refractivity (Wildman–Crippen MR) is 164 cm³/mol. The summed E-state index contributed by atoms with van der Waals surface area (Å²) >= 11 is 24.5. The van der Waals surface area contributed by atoms with Crippen LogP contribution in [0.3, 0.4) is 0 Å². The lowest BCUT2D eigenvalue weighted by molar-refractivity contribution is -0.124. The van der Waals surface area contributed by atoms with Crippen LogP contribution in [-0.2, 0) is 16.0 Å². The summed E-state index contributed by atoms with van der Waals surface area (Å²) in [7, 11) is 1.51. The fraction of sp³-hybridized carbons (Fsp3) is 0.276. The van der Waals surface area contributed by atoms with Crippen LogP contribution in [0.15, 0.2) is 60.7 Å². The number of hydrogen-bond donors (Lipinski definition) is 1. The Hall–Kier alpha value is -3.04. The van der Waals surface area contributed by atoms with Gasteiger partial charge in [0.15, 0.2) is 5.11 Å². The van der Waals surface area contributed by atoms with Gasteiger partial charge >= 0.3 is 0 Å². The highest BCUT2D eigenvalue weighted by atomic mass is 35.5. The molecule has 0 spiro atoms. The SMILES string of the molecule is CCCOc1ccc(NC(=O)C[C@H]2C(=O)N(c3ccc(OC)c(Cl)c3)C(=S)N2CCc2ccc(Cl)cc2Cl)cc1. The van der Waals surface area contributed by atoms with Crippen molar-refractivity contribution in [3.63, 3.8) is 0 Å². The predicted octanol–water partition coefficient (Wildman–Crippen LogP) is 7.02. The molecule has 0 aromatic heterocycles. The van der Waals surface area contributed by atoms with Crippen molar-refractivity contribution in [3.05, 3.63) is 81.3 Å². The maximum atomic E-state index is 13.7. The molecule has 0 aliphatic carbocycles. The minimum Gasteiger partial charge on any atom is -0.495 e. The second kappa shape index (κ2) is 13.5. The molecular formula is C29H28Cl3N3O4S. The number of methoxy groups -OCH3 is 1. The zero-order valence-electron chi connectivity index (χ0n) is 22.0. The van der Waals surface area contributed by atoms with Gasteiger partial charge < -0.3 is 19.7 Å². The second-order valence-electron chi connectivity index (χ2n) is 9.10. The molecular weight excluding hydrogens is 593 g/mol. The van der Waals surface area contributed by atoms with Crippen LogP contribution in [0.1, 0.15) is 25.3 Å². The average molecular weight is 621 g/mol. The van der Waals surface area contributed by atoms with E-state index in [9.17, 15) is 9.59 Å². The van der Waals surface area contributed by atoms with Gasteiger partial charge in [-0.25, -0.2) is 0 Å². The Morgan fingerprint density at radius 2 is 1.77 bits per heavy atom. The Morgan fingerprint density at radius 1 is 1.02 bits per heavy atom. The number of ether oxygens (including phenoxy) is 2. The van der Waals surface area contributed by atoms with Crippen molar-refractivity contribution < 1.29 is 19.1 Å². The summed E-state index contributed by atoms with van der Waals surface area (Å²) < 4.78 is 10.8. The molecule has 1 aliphatic heterocycles. The van der Waals surface area contributed by atoms with E-state index in [1.807, 2.05) is 13.0 Å². The fourth-order valence-corrected chi connectivity index (χ4v) is 5.50. The molecule has 1 aliphatic rings. The summed E-state index contributed by atoms with van der Waals surface area (Å²) in [6.07, 6.45) is 1.27. The highest BCUT2D eigenvalue weighted by molar-refractivity contribution is 7.80. The van der Waals surface area contributed by atoms with Crippen LogP contribution in [0.5, 0.6) is 11.5 Å². The summed E-state index contributed by atoms with van der Waals surface area (Å²) in [6.45, 7) is 3.00. The number of nitrogens with zero attached hydrogens (tertiary/aromatic N) is 2. The highest BCUT2D eigenvalue weighted by Crippen LogP contribution is 2.34. The van der Waals surface area contributed by atoms with E-state index >= 15 is 0 Å². The summed E-state index contributed by atoms with van der Waals surface area (Å²) in [4.78, 5) is 30.0. The second-order valence-corrected chi connectivity index (χ2v) is 10.7. The molecule has 210 valence electrons. The number of carbonyl (C=O) groups excluding carboxylic acids is 2. The van der Waals surface area contributed by atoms with E-state index in [1.165, 1.54) is 12.0 Å². The van der Waals surface area contributed by atoms with Crippen LogP contribution in [0.25, 0.3) is 0 Å². The van der Waals surface area contributed by atoms with Crippen molar-refractivity contribution in [2.45, 2.75) is 32.2 Å². The molecule has 0 radical (unpaired) electrons. The molecule has 1 saturated heterocycles. The molecule has 1 fully saturated rings. The van der Waals surface area contributed by atoms with Crippen molar-refractivity contribution >= 4 is 75.3 Å². The van der Waals surface area contributed by atoms with E-state index < -0.39 is 6.04 Å². The van der Waals surface area contributed by atoms with Crippen molar-refractivity contribution in [3.8, 4) is 11.5 Å². The first-order valence-electron chi connectivity index (χ1n) is 12.7. The number of hydrogen-bond acceptors (Lipinski definition) is 5. The minimum absolute atomic E-state index is 0.109. The number of benzene rings is 3. The normalized spacial score (nSPS) is 15.0. The molecule has 2 amide bonds.